The van der Waals surface area contributed by atoms with E-state index in [1.165, 1.54) is 12.4 Å². The number of nitrogens with two attached hydrogens (primary N) is 2. The standard InChI is InChI=1S/C9H11N7S2/c10-8(17)15-12-4-6-2-1-3-7(14-6)5-13-16-9(11)18/h1-5H,(H3,10,15,17)(H3,11,16,18). The summed E-state index contributed by atoms with van der Waals surface area (Å²) in [7, 11) is 0. The fraction of sp³-hybridized carbons (Fsp3) is 0. The van der Waals surface area contributed by atoms with Crippen LogP contribution in [0, 0.1) is 0 Å². The normalized spacial score (nSPS) is 10.7. The van der Waals surface area contributed by atoms with Crippen molar-refractivity contribution in [2.45, 2.75) is 0 Å². The van der Waals surface area contributed by atoms with Crippen LogP contribution in [0.25, 0.3) is 0 Å². The number of rotatable bonds is 4. The molecule has 0 saturated carbocycles. The fourth-order valence-corrected chi connectivity index (χ4v) is 1.04. The van der Waals surface area contributed by atoms with E-state index in [0.29, 0.717) is 11.4 Å². The highest BCUT2D eigenvalue weighted by atomic mass is 32.1. The lowest BCUT2D eigenvalue weighted by molar-refractivity contribution is 1.03. The summed E-state index contributed by atoms with van der Waals surface area (Å²) in [6, 6.07) is 5.34. The molecule has 9 heteroatoms. The van der Waals surface area contributed by atoms with E-state index in [2.05, 4.69) is 50.5 Å². The molecule has 0 spiro atoms. The number of hydrogen-bond donors (Lipinski definition) is 4. The van der Waals surface area contributed by atoms with Crippen LogP contribution in [-0.4, -0.2) is 27.6 Å². The van der Waals surface area contributed by atoms with Crippen molar-refractivity contribution in [3.8, 4) is 0 Å². The summed E-state index contributed by atoms with van der Waals surface area (Å²) >= 11 is 9.19. The van der Waals surface area contributed by atoms with Gasteiger partial charge in [0.1, 0.15) is 0 Å². The molecule has 0 aliphatic rings. The molecule has 0 atom stereocenters. The number of nitrogens with zero attached hydrogens (tertiary/aromatic N) is 3. The largest absolute Gasteiger partial charge is 0.375 e. The number of aromatic nitrogens is 1. The molecular weight excluding hydrogens is 270 g/mol. The zero-order valence-corrected chi connectivity index (χ0v) is 10.8. The molecule has 1 aromatic rings. The molecule has 0 amide bonds. The summed E-state index contributed by atoms with van der Waals surface area (Å²) in [4.78, 5) is 4.22. The first kappa shape index (κ1) is 13.9. The van der Waals surface area contributed by atoms with E-state index in [0.717, 1.165) is 0 Å². The number of pyridine rings is 1. The van der Waals surface area contributed by atoms with Gasteiger partial charge in [0.15, 0.2) is 10.2 Å². The van der Waals surface area contributed by atoms with E-state index in [1.54, 1.807) is 18.2 Å². The lowest BCUT2D eigenvalue weighted by atomic mass is 10.3. The van der Waals surface area contributed by atoms with E-state index in [-0.39, 0.29) is 10.2 Å². The second-order valence-electron chi connectivity index (χ2n) is 2.96. The zero-order valence-electron chi connectivity index (χ0n) is 9.20. The fourth-order valence-electron chi connectivity index (χ4n) is 0.937. The van der Waals surface area contributed by atoms with E-state index in [4.69, 9.17) is 11.5 Å². The molecule has 1 rings (SSSR count). The van der Waals surface area contributed by atoms with E-state index < -0.39 is 0 Å². The Labute approximate surface area is 114 Å². The highest BCUT2D eigenvalue weighted by molar-refractivity contribution is 7.80. The maximum Gasteiger partial charge on any atom is 0.184 e. The minimum absolute atomic E-state index is 0.0876. The van der Waals surface area contributed by atoms with Gasteiger partial charge in [-0.05, 0) is 36.6 Å². The van der Waals surface area contributed by atoms with Gasteiger partial charge in [-0.15, -0.1) is 0 Å². The molecule has 0 unspecified atom stereocenters. The van der Waals surface area contributed by atoms with Gasteiger partial charge in [-0.3, -0.25) is 10.9 Å². The highest BCUT2D eigenvalue weighted by Crippen LogP contribution is 1.94. The van der Waals surface area contributed by atoms with Crippen molar-refractivity contribution in [1.82, 2.24) is 15.8 Å². The molecule has 0 aliphatic heterocycles. The van der Waals surface area contributed by atoms with Gasteiger partial charge in [0, 0.05) is 0 Å². The molecule has 18 heavy (non-hydrogen) atoms. The van der Waals surface area contributed by atoms with Gasteiger partial charge in [0.2, 0.25) is 0 Å². The van der Waals surface area contributed by atoms with Gasteiger partial charge in [-0.2, -0.15) is 10.2 Å². The predicted octanol–water partition coefficient (Wildman–Crippen LogP) is -0.584. The Balaban J connectivity index is 2.67. The number of thiocarbonyl (C=S) groups is 2. The van der Waals surface area contributed by atoms with Crippen LogP contribution >= 0.6 is 24.4 Å². The van der Waals surface area contributed by atoms with Gasteiger partial charge >= 0.3 is 0 Å². The number of hydrazone groups is 2. The third-order valence-electron chi connectivity index (χ3n) is 1.54. The monoisotopic (exact) mass is 281 g/mol. The second kappa shape index (κ2) is 7.25. The van der Waals surface area contributed by atoms with Crippen LogP contribution < -0.4 is 22.3 Å². The average molecular weight is 281 g/mol. The van der Waals surface area contributed by atoms with Crippen LogP contribution in [0.3, 0.4) is 0 Å². The molecule has 0 bridgehead atoms. The first-order valence-electron chi connectivity index (χ1n) is 4.72. The first-order valence-corrected chi connectivity index (χ1v) is 5.53. The van der Waals surface area contributed by atoms with Gasteiger partial charge in [-0.1, -0.05) is 6.07 Å². The molecule has 0 saturated heterocycles. The van der Waals surface area contributed by atoms with Crippen molar-refractivity contribution in [3.05, 3.63) is 29.6 Å². The van der Waals surface area contributed by atoms with Gasteiger partial charge < -0.3 is 11.5 Å². The van der Waals surface area contributed by atoms with E-state index in [1.807, 2.05) is 0 Å². The average Bonchev–Trinajstić information content (AvgIpc) is 2.28. The van der Waals surface area contributed by atoms with Crippen molar-refractivity contribution in [2.24, 2.45) is 21.7 Å². The molecule has 1 aromatic heterocycles. The van der Waals surface area contributed by atoms with Crippen LogP contribution in [0.5, 0.6) is 0 Å². The van der Waals surface area contributed by atoms with Crippen molar-refractivity contribution in [3.63, 3.8) is 0 Å². The van der Waals surface area contributed by atoms with Gasteiger partial charge in [-0.25, -0.2) is 4.98 Å². The van der Waals surface area contributed by atoms with E-state index >= 15 is 0 Å². The third kappa shape index (κ3) is 5.82. The third-order valence-corrected chi connectivity index (χ3v) is 1.72. The molecule has 7 nitrogen and oxygen atoms in total. The Morgan fingerprint density at radius 2 is 1.50 bits per heavy atom. The van der Waals surface area contributed by atoms with Crippen molar-refractivity contribution < 1.29 is 0 Å². The second-order valence-corrected chi connectivity index (χ2v) is 3.84. The van der Waals surface area contributed by atoms with Gasteiger partial charge in [0.05, 0.1) is 23.8 Å². The summed E-state index contributed by atoms with van der Waals surface area (Å²) in [6.45, 7) is 0. The topological polar surface area (TPSA) is 114 Å². The van der Waals surface area contributed by atoms with E-state index in [9.17, 15) is 0 Å². The van der Waals surface area contributed by atoms with Crippen molar-refractivity contribution in [2.75, 3.05) is 0 Å². The minimum Gasteiger partial charge on any atom is -0.375 e. The van der Waals surface area contributed by atoms with Crippen LogP contribution in [0.4, 0.5) is 0 Å². The Hall–Kier alpha value is -2.13. The van der Waals surface area contributed by atoms with Gasteiger partial charge in [0.25, 0.3) is 0 Å². The molecule has 0 radical (unpaired) electrons. The number of hydrogen-bond acceptors (Lipinski definition) is 5. The molecule has 0 fully saturated rings. The lowest BCUT2D eigenvalue weighted by Gasteiger charge is -1.97. The summed E-state index contributed by atoms with van der Waals surface area (Å²) in [5.74, 6) is 0. The van der Waals surface area contributed by atoms with Crippen molar-refractivity contribution >= 4 is 47.1 Å². The highest BCUT2D eigenvalue weighted by Gasteiger charge is 1.93. The van der Waals surface area contributed by atoms with Crippen LogP contribution in [0.15, 0.2) is 28.4 Å². The minimum atomic E-state index is 0.0876. The SMILES string of the molecule is NC(=S)NN=Cc1cccc(C=NNC(N)=S)n1. The predicted molar refractivity (Wildman–Crippen MR) is 79.3 cm³/mol. The van der Waals surface area contributed by atoms with Crippen LogP contribution in [0.2, 0.25) is 0 Å². The summed E-state index contributed by atoms with van der Waals surface area (Å²) in [5.41, 5.74) is 16.5. The van der Waals surface area contributed by atoms with Crippen LogP contribution in [-0.2, 0) is 0 Å². The Morgan fingerprint density at radius 1 is 1.06 bits per heavy atom. The molecular formula is C9H11N7S2. The molecule has 6 N–H and O–H groups in total. The quantitative estimate of drug-likeness (QED) is 0.331. The summed E-state index contributed by atoms with van der Waals surface area (Å²) in [6.07, 6.45) is 2.97. The summed E-state index contributed by atoms with van der Waals surface area (Å²) in [5, 5.41) is 7.75. The maximum absolute atomic E-state index is 5.21. The summed E-state index contributed by atoms with van der Waals surface area (Å²) < 4.78 is 0. The molecule has 94 valence electrons. The first-order chi connectivity index (χ1) is 8.58. The van der Waals surface area contributed by atoms with Crippen LogP contribution in [0.1, 0.15) is 11.4 Å². The zero-order chi connectivity index (χ0) is 13.4. The smallest absolute Gasteiger partial charge is 0.184 e. The Kier molecular flexibility index (Phi) is 5.61. The molecule has 0 aromatic carbocycles. The maximum atomic E-state index is 5.21. The lowest BCUT2D eigenvalue weighted by Crippen LogP contribution is -2.24. The molecule has 1 heterocycles. The Bertz CT molecular complexity index is 456. The van der Waals surface area contributed by atoms with Crippen molar-refractivity contribution in [1.29, 1.82) is 0 Å². The molecule has 0 aliphatic carbocycles. The Morgan fingerprint density at radius 3 is 1.89 bits per heavy atom. The number of nitrogens with one attached hydrogen (secondary N) is 2.